The highest BCUT2D eigenvalue weighted by molar-refractivity contribution is 5.85. The fraction of sp³-hybridized carbons (Fsp3) is 0.304. The Morgan fingerprint density at radius 1 is 1.29 bits per heavy atom. The number of nitrogens with two attached hydrogens (primary N) is 1. The van der Waals surface area contributed by atoms with E-state index in [-0.39, 0.29) is 17.7 Å². The Labute approximate surface area is 194 Å². The van der Waals surface area contributed by atoms with Gasteiger partial charge in [-0.3, -0.25) is 0 Å². The Morgan fingerprint density at radius 2 is 2.18 bits per heavy atom. The number of nitrogens with zero attached hydrogens (tertiary/aromatic N) is 5. The number of hydrogen-bond donors (Lipinski definition) is 2. The molecule has 0 amide bonds. The summed E-state index contributed by atoms with van der Waals surface area (Å²) < 4.78 is 40.5. The standard InChI is InChI=1S/C23H23F2N7O2/c1-13(16-4-3-15(24)9-17(16)25)28-19-10-18(20-21(26)31-32-7-2-6-27-22(20)32)29-23(30-19)34-12-14-5-8-33-11-14/h2-4,6-7,9-10,13-14H,5,8,11-12H2,1H3,(H2,26,31)(H,28,29,30)/t13-,14?/m0/s1. The molecule has 1 aliphatic rings. The lowest BCUT2D eigenvalue weighted by atomic mass is 10.1. The molecule has 11 heteroatoms. The molecule has 9 nitrogen and oxygen atoms in total. The molecule has 1 saturated heterocycles. The topological polar surface area (TPSA) is 112 Å². The highest BCUT2D eigenvalue weighted by Gasteiger charge is 2.21. The van der Waals surface area contributed by atoms with E-state index < -0.39 is 17.7 Å². The van der Waals surface area contributed by atoms with Gasteiger partial charge in [-0.2, -0.15) is 9.97 Å². The summed E-state index contributed by atoms with van der Waals surface area (Å²) in [4.78, 5) is 13.4. The molecular weight excluding hydrogens is 444 g/mol. The van der Waals surface area contributed by atoms with Crippen LogP contribution in [0.1, 0.15) is 24.9 Å². The summed E-state index contributed by atoms with van der Waals surface area (Å²) in [6.45, 7) is 3.47. The maximum absolute atomic E-state index is 14.3. The summed E-state index contributed by atoms with van der Waals surface area (Å²) in [5.41, 5.74) is 7.99. The SMILES string of the molecule is C[C@H](Nc1cc(-c2c(N)nn3cccnc23)nc(OCC2CCOC2)n1)c1ccc(F)cc1F. The first kappa shape index (κ1) is 22.0. The molecule has 1 aliphatic heterocycles. The van der Waals surface area contributed by atoms with Crippen molar-refractivity contribution in [3.63, 3.8) is 0 Å². The number of benzene rings is 1. The molecule has 1 unspecified atom stereocenters. The summed E-state index contributed by atoms with van der Waals surface area (Å²) in [5.74, 6) is -0.409. The van der Waals surface area contributed by atoms with E-state index >= 15 is 0 Å². The van der Waals surface area contributed by atoms with Crippen LogP contribution in [0.15, 0.2) is 42.7 Å². The van der Waals surface area contributed by atoms with E-state index in [1.807, 2.05) is 0 Å². The summed E-state index contributed by atoms with van der Waals surface area (Å²) in [5, 5.41) is 7.44. The monoisotopic (exact) mass is 467 g/mol. The molecule has 176 valence electrons. The Balaban J connectivity index is 1.51. The van der Waals surface area contributed by atoms with Gasteiger partial charge in [0.25, 0.3) is 0 Å². The smallest absolute Gasteiger partial charge is 0.318 e. The molecule has 34 heavy (non-hydrogen) atoms. The molecule has 3 N–H and O–H groups in total. The van der Waals surface area contributed by atoms with Crippen LogP contribution in [0.3, 0.4) is 0 Å². The van der Waals surface area contributed by atoms with Crippen LogP contribution < -0.4 is 15.8 Å². The first-order chi connectivity index (χ1) is 16.5. The Bertz CT molecular complexity index is 1320. The normalized spacial score (nSPS) is 16.6. The maximum atomic E-state index is 14.3. The molecule has 0 bridgehead atoms. The molecule has 5 rings (SSSR count). The average Bonchev–Trinajstić information content (AvgIpc) is 3.44. The zero-order valence-corrected chi connectivity index (χ0v) is 18.4. The summed E-state index contributed by atoms with van der Waals surface area (Å²) in [7, 11) is 0. The number of fused-ring (bicyclic) bond motifs is 1. The molecule has 0 radical (unpaired) electrons. The third-order valence-electron chi connectivity index (χ3n) is 5.65. The molecular formula is C23H23F2N7O2. The number of ether oxygens (including phenoxy) is 2. The van der Waals surface area contributed by atoms with Gasteiger partial charge in [-0.15, -0.1) is 5.10 Å². The van der Waals surface area contributed by atoms with Crippen molar-refractivity contribution < 1.29 is 18.3 Å². The minimum absolute atomic E-state index is 0.133. The summed E-state index contributed by atoms with van der Waals surface area (Å²) >= 11 is 0. The molecule has 0 saturated carbocycles. The molecule has 3 aromatic heterocycles. The van der Waals surface area contributed by atoms with E-state index in [4.69, 9.17) is 15.2 Å². The highest BCUT2D eigenvalue weighted by atomic mass is 19.1. The predicted molar refractivity (Wildman–Crippen MR) is 121 cm³/mol. The largest absolute Gasteiger partial charge is 0.463 e. The van der Waals surface area contributed by atoms with Gasteiger partial charge >= 0.3 is 6.01 Å². The first-order valence-corrected chi connectivity index (χ1v) is 10.9. The number of halogens is 2. The molecule has 1 fully saturated rings. The van der Waals surface area contributed by atoms with Gasteiger partial charge in [0.1, 0.15) is 17.5 Å². The Kier molecular flexibility index (Phi) is 5.93. The number of nitrogen functional groups attached to an aromatic ring is 1. The lowest BCUT2D eigenvalue weighted by Crippen LogP contribution is -2.15. The van der Waals surface area contributed by atoms with E-state index in [9.17, 15) is 8.78 Å². The van der Waals surface area contributed by atoms with Gasteiger partial charge in [0.05, 0.1) is 30.5 Å². The van der Waals surface area contributed by atoms with Crippen LogP contribution >= 0.6 is 0 Å². The maximum Gasteiger partial charge on any atom is 0.318 e. The molecule has 0 aliphatic carbocycles. The Morgan fingerprint density at radius 3 is 2.97 bits per heavy atom. The van der Waals surface area contributed by atoms with Crippen molar-refractivity contribution in [2.24, 2.45) is 5.92 Å². The van der Waals surface area contributed by atoms with Gasteiger partial charge in [-0.1, -0.05) is 6.07 Å². The second-order valence-electron chi connectivity index (χ2n) is 8.14. The van der Waals surface area contributed by atoms with Crippen LogP contribution in [0.4, 0.5) is 20.4 Å². The average molecular weight is 467 g/mol. The summed E-state index contributed by atoms with van der Waals surface area (Å²) in [6, 6.07) is 6.49. The van der Waals surface area contributed by atoms with E-state index in [1.165, 1.54) is 12.1 Å². The number of aromatic nitrogens is 5. The van der Waals surface area contributed by atoms with Crippen LogP contribution in [0.2, 0.25) is 0 Å². The van der Waals surface area contributed by atoms with Gasteiger partial charge in [-0.05, 0) is 25.5 Å². The molecule has 4 aromatic rings. The van der Waals surface area contributed by atoms with E-state index in [0.29, 0.717) is 48.1 Å². The van der Waals surface area contributed by atoms with E-state index in [2.05, 4.69) is 25.4 Å². The van der Waals surface area contributed by atoms with Crippen molar-refractivity contribution in [3.8, 4) is 17.3 Å². The van der Waals surface area contributed by atoms with Gasteiger partial charge in [-0.25, -0.2) is 18.3 Å². The summed E-state index contributed by atoms with van der Waals surface area (Å²) in [6.07, 6.45) is 4.27. The Hall–Kier alpha value is -3.86. The van der Waals surface area contributed by atoms with Crippen LogP contribution in [0.5, 0.6) is 6.01 Å². The van der Waals surface area contributed by atoms with Crippen molar-refractivity contribution >= 4 is 17.3 Å². The second-order valence-corrected chi connectivity index (χ2v) is 8.14. The number of rotatable bonds is 7. The van der Waals surface area contributed by atoms with Crippen LogP contribution in [0, 0.1) is 17.6 Å². The minimum Gasteiger partial charge on any atom is -0.463 e. The van der Waals surface area contributed by atoms with Crippen LogP contribution in [-0.2, 0) is 4.74 Å². The van der Waals surface area contributed by atoms with Gasteiger partial charge in [0.2, 0.25) is 0 Å². The number of hydrogen-bond acceptors (Lipinski definition) is 8. The molecule has 4 heterocycles. The van der Waals surface area contributed by atoms with Gasteiger partial charge in [0.15, 0.2) is 11.5 Å². The van der Waals surface area contributed by atoms with Crippen molar-refractivity contribution in [3.05, 3.63) is 59.9 Å². The van der Waals surface area contributed by atoms with Crippen molar-refractivity contribution in [2.75, 3.05) is 30.9 Å². The van der Waals surface area contributed by atoms with Gasteiger partial charge in [0, 0.05) is 42.6 Å². The third kappa shape index (κ3) is 4.46. The van der Waals surface area contributed by atoms with Gasteiger partial charge < -0.3 is 20.5 Å². The third-order valence-corrected chi connectivity index (χ3v) is 5.65. The second kappa shape index (κ2) is 9.18. The molecule has 0 spiro atoms. The van der Waals surface area contributed by atoms with Crippen molar-refractivity contribution in [1.82, 2.24) is 24.6 Å². The number of anilines is 2. The molecule has 2 atom stereocenters. The van der Waals surface area contributed by atoms with Crippen LogP contribution in [0.25, 0.3) is 16.9 Å². The zero-order chi connectivity index (χ0) is 23.7. The zero-order valence-electron chi connectivity index (χ0n) is 18.4. The van der Waals surface area contributed by atoms with E-state index in [1.54, 1.807) is 36.0 Å². The van der Waals surface area contributed by atoms with Crippen molar-refractivity contribution in [1.29, 1.82) is 0 Å². The lowest BCUT2D eigenvalue weighted by Gasteiger charge is -2.17. The predicted octanol–water partition coefficient (Wildman–Crippen LogP) is 3.64. The highest BCUT2D eigenvalue weighted by Crippen LogP contribution is 2.31. The fourth-order valence-electron chi connectivity index (χ4n) is 3.90. The minimum atomic E-state index is -0.650. The molecule has 1 aromatic carbocycles. The number of nitrogens with one attached hydrogen (secondary N) is 1. The fourth-order valence-corrected chi connectivity index (χ4v) is 3.90. The van der Waals surface area contributed by atoms with E-state index in [0.717, 1.165) is 12.5 Å². The first-order valence-electron chi connectivity index (χ1n) is 10.9. The van der Waals surface area contributed by atoms with Crippen molar-refractivity contribution in [2.45, 2.75) is 19.4 Å². The van der Waals surface area contributed by atoms with Crippen LogP contribution in [-0.4, -0.2) is 44.4 Å². The quantitative estimate of drug-likeness (QED) is 0.424. The lowest BCUT2D eigenvalue weighted by molar-refractivity contribution is 0.163.